The summed E-state index contributed by atoms with van der Waals surface area (Å²) in [6, 6.07) is 7.85. The molecule has 1 nitrogen and oxygen atoms in total. The van der Waals surface area contributed by atoms with Crippen LogP contribution in [0.25, 0.3) is 0 Å². The fourth-order valence-corrected chi connectivity index (χ4v) is 2.23. The molecule has 1 aromatic rings. The summed E-state index contributed by atoms with van der Waals surface area (Å²) in [5.74, 6) is 0. The zero-order valence-corrected chi connectivity index (χ0v) is 8.46. The van der Waals surface area contributed by atoms with Crippen LogP contribution >= 0.6 is 0 Å². The Morgan fingerprint density at radius 1 is 1.43 bits per heavy atom. The number of hydrogen-bond donors (Lipinski definition) is 1. The van der Waals surface area contributed by atoms with Crippen LogP contribution < -0.4 is 5.73 Å². The predicted molar refractivity (Wildman–Crippen MR) is 55.8 cm³/mol. The Labute approximate surface area is 84.1 Å². The summed E-state index contributed by atoms with van der Waals surface area (Å²) in [6.07, 6.45) is 2.20. The minimum Gasteiger partial charge on any atom is -0.327 e. The fourth-order valence-electron chi connectivity index (χ4n) is 2.23. The molecule has 0 radical (unpaired) electrons. The van der Waals surface area contributed by atoms with Gasteiger partial charge in [-0.2, -0.15) is 0 Å². The molecule has 0 aromatic heterocycles. The molecule has 0 spiro atoms. The molecule has 1 atom stereocenters. The Bertz CT molecular complexity index is 329. The van der Waals surface area contributed by atoms with Gasteiger partial charge in [0.15, 0.2) is 0 Å². The Morgan fingerprint density at radius 2 is 2.07 bits per heavy atom. The highest BCUT2D eigenvalue weighted by Crippen LogP contribution is 2.51. The minimum absolute atomic E-state index is 0.0721. The molecule has 2 heteroatoms. The Hall–Kier alpha value is -0.890. The molecule has 2 rings (SSSR count). The molecule has 0 bridgehead atoms. The first kappa shape index (κ1) is 9.66. The van der Waals surface area contributed by atoms with Gasteiger partial charge in [-0.3, -0.25) is 0 Å². The van der Waals surface area contributed by atoms with Crippen LogP contribution in [0.1, 0.15) is 30.9 Å². The van der Waals surface area contributed by atoms with E-state index in [4.69, 9.17) is 5.73 Å². The first-order valence-electron chi connectivity index (χ1n) is 5.10. The van der Waals surface area contributed by atoms with E-state index in [9.17, 15) is 4.39 Å². The Morgan fingerprint density at radius 3 is 2.57 bits per heavy atom. The SMILES string of the molecule is CC(N)C1(c2ccccc2CF)CC1. The number of nitrogens with two attached hydrogens (primary N) is 1. The van der Waals surface area contributed by atoms with Crippen molar-refractivity contribution in [2.24, 2.45) is 5.73 Å². The van der Waals surface area contributed by atoms with Crippen molar-refractivity contribution in [1.82, 2.24) is 0 Å². The number of alkyl halides is 1. The molecular formula is C12H16FN. The lowest BCUT2D eigenvalue weighted by atomic mass is 9.86. The van der Waals surface area contributed by atoms with Crippen molar-refractivity contribution in [3.05, 3.63) is 35.4 Å². The summed E-state index contributed by atoms with van der Waals surface area (Å²) >= 11 is 0. The van der Waals surface area contributed by atoms with Crippen molar-refractivity contribution >= 4 is 0 Å². The van der Waals surface area contributed by atoms with E-state index >= 15 is 0 Å². The molecule has 76 valence electrons. The lowest BCUT2D eigenvalue weighted by Gasteiger charge is -2.22. The number of benzene rings is 1. The highest BCUT2D eigenvalue weighted by Gasteiger charge is 2.48. The van der Waals surface area contributed by atoms with Gasteiger partial charge in [0, 0.05) is 11.5 Å². The average molecular weight is 193 g/mol. The maximum Gasteiger partial charge on any atom is 0.115 e. The van der Waals surface area contributed by atoms with Crippen LogP contribution in [-0.2, 0) is 12.1 Å². The molecule has 2 N–H and O–H groups in total. The highest BCUT2D eigenvalue weighted by molar-refractivity contribution is 5.39. The Kier molecular flexibility index (Phi) is 2.31. The van der Waals surface area contributed by atoms with Crippen molar-refractivity contribution in [2.45, 2.75) is 37.9 Å². The van der Waals surface area contributed by atoms with Crippen molar-refractivity contribution < 1.29 is 4.39 Å². The van der Waals surface area contributed by atoms with Crippen LogP contribution in [0.3, 0.4) is 0 Å². The first-order valence-corrected chi connectivity index (χ1v) is 5.10. The van der Waals surface area contributed by atoms with E-state index in [2.05, 4.69) is 0 Å². The van der Waals surface area contributed by atoms with E-state index in [0.717, 1.165) is 24.0 Å². The predicted octanol–water partition coefficient (Wildman–Crippen LogP) is 2.53. The second kappa shape index (κ2) is 3.35. The third kappa shape index (κ3) is 1.34. The smallest absolute Gasteiger partial charge is 0.115 e. The van der Waals surface area contributed by atoms with E-state index < -0.39 is 0 Å². The molecule has 0 heterocycles. The first-order chi connectivity index (χ1) is 6.70. The van der Waals surface area contributed by atoms with Crippen LogP contribution in [0.2, 0.25) is 0 Å². The quantitative estimate of drug-likeness (QED) is 0.784. The second-order valence-corrected chi connectivity index (χ2v) is 4.24. The zero-order valence-electron chi connectivity index (χ0n) is 8.46. The summed E-state index contributed by atoms with van der Waals surface area (Å²) in [4.78, 5) is 0. The molecule has 14 heavy (non-hydrogen) atoms. The summed E-state index contributed by atoms with van der Waals surface area (Å²) in [7, 11) is 0. The fraction of sp³-hybridized carbons (Fsp3) is 0.500. The number of halogens is 1. The Balaban J connectivity index is 2.41. The maximum atomic E-state index is 12.8. The standard InChI is InChI=1S/C12H16FN/c1-9(14)12(6-7-12)11-5-3-2-4-10(11)8-13/h2-5,9H,6-8,14H2,1H3. The number of hydrogen-bond acceptors (Lipinski definition) is 1. The van der Waals surface area contributed by atoms with Crippen LogP contribution in [0.4, 0.5) is 4.39 Å². The van der Waals surface area contributed by atoms with E-state index in [0.29, 0.717) is 0 Å². The zero-order chi connectivity index (χ0) is 10.2. The lowest BCUT2D eigenvalue weighted by Crippen LogP contribution is -2.32. The largest absolute Gasteiger partial charge is 0.327 e. The van der Waals surface area contributed by atoms with Gasteiger partial charge >= 0.3 is 0 Å². The molecule has 1 aliphatic carbocycles. The lowest BCUT2D eigenvalue weighted by molar-refractivity contribution is 0.470. The molecule has 0 amide bonds. The van der Waals surface area contributed by atoms with Gasteiger partial charge in [0.1, 0.15) is 6.67 Å². The van der Waals surface area contributed by atoms with Gasteiger partial charge in [0.25, 0.3) is 0 Å². The van der Waals surface area contributed by atoms with Gasteiger partial charge in [-0.15, -0.1) is 0 Å². The topological polar surface area (TPSA) is 26.0 Å². The average Bonchev–Trinajstić information content (AvgIpc) is 2.98. The van der Waals surface area contributed by atoms with Crippen LogP contribution in [0.15, 0.2) is 24.3 Å². The molecule has 1 saturated carbocycles. The van der Waals surface area contributed by atoms with Crippen molar-refractivity contribution in [1.29, 1.82) is 0 Å². The van der Waals surface area contributed by atoms with E-state index in [1.54, 1.807) is 0 Å². The van der Waals surface area contributed by atoms with Crippen molar-refractivity contribution in [3.8, 4) is 0 Å². The monoisotopic (exact) mass is 193 g/mol. The summed E-state index contributed by atoms with van der Waals surface area (Å²) < 4.78 is 12.8. The van der Waals surface area contributed by atoms with Gasteiger partial charge in [-0.25, -0.2) is 4.39 Å². The van der Waals surface area contributed by atoms with Gasteiger partial charge < -0.3 is 5.73 Å². The second-order valence-electron chi connectivity index (χ2n) is 4.24. The van der Waals surface area contributed by atoms with E-state index in [1.165, 1.54) is 0 Å². The third-order valence-corrected chi connectivity index (χ3v) is 3.36. The van der Waals surface area contributed by atoms with Crippen LogP contribution in [0.5, 0.6) is 0 Å². The van der Waals surface area contributed by atoms with Crippen molar-refractivity contribution in [3.63, 3.8) is 0 Å². The number of rotatable bonds is 3. The van der Waals surface area contributed by atoms with E-state index in [1.807, 2.05) is 31.2 Å². The minimum atomic E-state index is -0.384. The van der Waals surface area contributed by atoms with Gasteiger partial charge in [0.05, 0.1) is 0 Å². The summed E-state index contributed by atoms with van der Waals surface area (Å²) in [5, 5.41) is 0. The molecule has 1 aliphatic rings. The molecule has 1 aromatic carbocycles. The normalized spacial score (nSPS) is 20.5. The van der Waals surface area contributed by atoms with Gasteiger partial charge in [-0.1, -0.05) is 24.3 Å². The third-order valence-electron chi connectivity index (χ3n) is 3.36. The van der Waals surface area contributed by atoms with Crippen LogP contribution in [0, 0.1) is 0 Å². The van der Waals surface area contributed by atoms with Crippen molar-refractivity contribution in [2.75, 3.05) is 0 Å². The molecule has 0 saturated heterocycles. The molecule has 1 unspecified atom stereocenters. The maximum absolute atomic E-state index is 12.8. The molecule has 0 aliphatic heterocycles. The summed E-state index contributed by atoms with van der Waals surface area (Å²) in [6.45, 7) is 1.63. The molecule has 1 fully saturated rings. The van der Waals surface area contributed by atoms with Gasteiger partial charge in [0.2, 0.25) is 0 Å². The summed E-state index contributed by atoms with van der Waals surface area (Å²) in [5.41, 5.74) is 7.97. The molecular weight excluding hydrogens is 177 g/mol. The van der Waals surface area contributed by atoms with Crippen LogP contribution in [-0.4, -0.2) is 6.04 Å². The van der Waals surface area contributed by atoms with E-state index in [-0.39, 0.29) is 18.1 Å². The van der Waals surface area contributed by atoms with Gasteiger partial charge in [-0.05, 0) is 30.9 Å². The highest BCUT2D eigenvalue weighted by atomic mass is 19.1.